The number of nitrogens with one attached hydrogen (secondary N) is 2. The first-order valence-electron chi connectivity index (χ1n) is 7.79. The minimum absolute atomic E-state index is 0. The largest absolute Gasteiger partial charge is 0.496 e. The van der Waals surface area contributed by atoms with Crippen LogP contribution in [0.25, 0.3) is 0 Å². The number of benzene rings is 1. The lowest BCUT2D eigenvalue weighted by Gasteiger charge is -2.12. The highest BCUT2D eigenvalue weighted by molar-refractivity contribution is 14.0. The van der Waals surface area contributed by atoms with E-state index in [1.54, 1.807) is 7.11 Å². The average Bonchev–Trinajstić information content (AvgIpc) is 2.57. The first kappa shape index (κ1) is 20.2. The molecule has 0 spiro atoms. The molecule has 0 aliphatic heterocycles. The molecule has 2 N–H and O–H groups in total. The summed E-state index contributed by atoms with van der Waals surface area (Å²) >= 11 is 0. The molecule has 0 aliphatic carbocycles. The van der Waals surface area contributed by atoms with Crippen LogP contribution in [0, 0.1) is 6.92 Å². The molecule has 1 aromatic carbocycles. The Morgan fingerprint density at radius 3 is 2.62 bits per heavy atom. The monoisotopic (exact) mass is 440 g/mol. The molecule has 0 atom stereocenters. The van der Waals surface area contributed by atoms with Crippen molar-refractivity contribution < 1.29 is 4.74 Å². The summed E-state index contributed by atoms with van der Waals surface area (Å²) in [5.41, 5.74) is 3.06. The van der Waals surface area contributed by atoms with Gasteiger partial charge in [-0.05, 0) is 32.0 Å². The van der Waals surface area contributed by atoms with Crippen molar-refractivity contribution in [1.82, 2.24) is 15.6 Å². The summed E-state index contributed by atoms with van der Waals surface area (Å²) in [5, 5.41) is 6.55. The van der Waals surface area contributed by atoms with Gasteiger partial charge in [0.05, 0.1) is 25.9 Å². The van der Waals surface area contributed by atoms with Crippen LogP contribution in [-0.2, 0) is 13.1 Å². The van der Waals surface area contributed by atoms with Gasteiger partial charge in [0.2, 0.25) is 0 Å². The standard InChI is InChI=1S/C18H24N4O.HI/c1-4-19-18(21-13-16-10-7-8-14(2)22-16)20-12-15-9-5-6-11-17(15)23-3;/h5-11H,4,12-13H2,1-3H3,(H2,19,20,21);1H. The van der Waals surface area contributed by atoms with Gasteiger partial charge in [0, 0.05) is 17.8 Å². The summed E-state index contributed by atoms with van der Waals surface area (Å²) < 4.78 is 5.36. The second-order valence-corrected chi connectivity index (χ2v) is 5.13. The lowest BCUT2D eigenvalue weighted by molar-refractivity contribution is 0.410. The number of ether oxygens (including phenoxy) is 1. The summed E-state index contributed by atoms with van der Waals surface area (Å²) in [7, 11) is 1.68. The number of guanidine groups is 1. The maximum atomic E-state index is 5.36. The van der Waals surface area contributed by atoms with E-state index in [0.717, 1.165) is 35.2 Å². The first-order valence-corrected chi connectivity index (χ1v) is 7.79. The number of aliphatic imine (C=N–C) groups is 1. The Morgan fingerprint density at radius 1 is 1.12 bits per heavy atom. The maximum Gasteiger partial charge on any atom is 0.191 e. The molecule has 2 rings (SSSR count). The van der Waals surface area contributed by atoms with E-state index in [1.165, 1.54) is 0 Å². The number of aromatic nitrogens is 1. The van der Waals surface area contributed by atoms with Gasteiger partial charge in [-0.1, -0.05) is 24.3 Å². The number of halogens is 1. The summed E-state index contributed by atoms with van der Waals surface area (Å²) in [6, 6.07) is 13.9. The number of rotatable bonds is 6. The Morgan fingerprint density at radius 2 is 1.92 bits per heavy atom. The predicted octanol–water partition coefficient (Wildman–Crippen LogP) is 3.27. The molecule has 0 fully saturated rings. The second-order valence-electron chi connectivity index (χ2n) is 5.13. The first-order chi connectivity index (χ1) is 11.2. The highest BCUT2D eigenvalue weighted by Crippen LogP contribution is 2.17. The zero-order valence-corrected chi connectivity index (χ0v) is 16.7. The Labute approximate surface area is 161 Å². The lowest BCUT2D eigenvalue weighted by Crippen LogP contribution is -2.37. The van der Waals surface area contributed by atoms with Crippen molar-refractivity contribution in [2.45, 2.75) is 26.9 Å². The molecule has 2 aromatic rings. The Balaban J connectivity index is 0.00000288. The molecule has 0 saturated carbocycles. The molecular weight excluding hydrogens is 415 g/mol. The quantitative estimate of drug-likeness (QED) is 0.411. The molecule has 1 aromatic heterocycles. The van der Waals surface area contributed by atoms with Crippen molar-refractivity contribution in [2.75, 3.05) is 13.7 Å². The molecule has 130 valence electrons. The van der Waals surface area contributed by atoms with E-state index in [-0.39, 0.29) is 24.0 Å². The number of hydrogen-bond donors (Lipinski definition) is 2. The third kappa shape index (κ3) is 6.35. The molecule has 0 saturated heterocycles. The second kappa shape index (κ2) is 10.9. The third-order valence-corrected chi connectivity index (χ3v) is 3.33. The fraction of sp³-hybridized carbons (Fsp3) is 0.333. The van der Waals surface area contributed by atoms with Crippen molar-refractivity contribution in [1.29, 1.82) is 0 Å². The number of para-hydroxylation sites is 1. The van der Waals surface area contributed by atoms with Crippen LogP contribution in [-0.4, -0.2) is 24.6 Å². The minimum atomic E-state index is 0. The van der Waals surface area contributed by atoms with Gasteiger partial charge in [-0.25, -0.2) is 4.99 Å². The van der Waals surface area contributed by atoms with Crippen LogP contribution in [0.1, 0.15) is 23.9 Å². The number of aryl methyl sites for hydroxylation is 1. The number of pyridine rings is 1. The van der Waals surface area contributed by atoms with Gasteiger partial charge in [0.1, 0.15) is 5.75 Å². The SMILES string of the molecule is CCNC(=NCc1ccccc1OC)NCc1cccc(C)n1.I. The van der Waals surface area contributed by atoms with Crippen molar-refractivity contribution in [2.24, 2.45) is 4.99 Å². The Kier molecular flexibility index (Phi) is 9.14. The van der Waals surface area contributed by atoms with Crippen LogP contribution in [0.15, 0.2) is 47.5 Å². The fourth-order valence-electron chi connectivity index (χ4n) is 2.21. The van der Waals surface area contributed by atoms with Crippen LogP contribution in [0.2, 0.25) is 0 Å². The summed E-state index contributed by atoms with van der Waals surface area (Å²) in [5.74, 6) is 1.62. The van der Waals surface area contributed by atoms with Gasteiger partial charge >= 0.3 is 0 Å². The molecule has 0 radical (unpaired) electrons. The van der Waals surface area contributed by atoms with Crippen LogP contribution < -0.4 is 15.4 Å². The minimum Gasteiger partial charge on any atom is -0.496 e. The normalized spacial score (nSPS) is 10.7. The maximum absolute atomic E-state index is 5.36. The topological polar surface area (TPSA) is 58.5 Å². The van der Waals surface area contributed by atoms with Gasteiger partial charge in [-0.3, -0.25) is 4.98 Å². The van der Waals surface area contributed by atoms with Gasteiger partial charge in [-0.2, -0.15) is 0 Å². The van der Waals surface area contributed by atoms with Crippen molar-refractivity contribution >= 4 is 29.9 Å². The summed E-state index contributed by atoms with van der Waals surface area (Å²) in [6.45, 7) is 6.04. The lowest BCUT2D eigenvalue weighted by atomic mass is 10.2. The molecule has 5 nitrogen and oxygen atoms in total. The van der Waals surface area contributed by atoms with Gasteiger partial charge < -0.3 is 15.4 Å². The van der Waals surface area contributed by atoms with Gasteiger partial charge in [0.15, 0.2) is 5.96 Å². The van der Waals surface area contributed by atoms with Gasteiger partial charge in [0.25, 0.3) is 0 Å². The van der Waals surface area contributed by atoms with Crippen LogP contribution in [0.5, 0.6) is 5.75 Å². The van der Waals surface area contributed by atoms with Crippen molar-refractivity contribution in [3.8, 4) is 5.75 Å². The molecular formula is C18H25IN4O. The molecule has 0 amide bonds. The summed E-state index contributed by atoms with van der Waals surface area (Å²) in [6.07, 6.45) is 0. The highest BCUT2D eigenvalue weighted by atomic mass is 127. The molecule has 0 unspecified atom stereocenters. The Bertz CT molecular complexity index is 661. The number of methoxy groups -OCH3 is 1. The predicted molar refractivity (Wildman–Crippen MR) is 109 cm³/mol. The van der Waals surface area contributed by atoms with E-state index in [2.05, 4.69) is 20.6 Å². The number of hydrogen-bond acceptors (Lipinski definition) is 3. The zero-order valence-electron chi connectivity index (χ0n) is 14.4. The van der Waals surface area contributed by atoms with Crippen molar-refractivity contribution in [3.05, 3.63) is 59.4 Å². The van der Waals surface area contributed by atoms with Crippen molar-refractivity contribution in [3.63, 3.8) is 0 Å². The fourth-order valence-corrected chi connectivity index (χ4v) is 2.21. The van der Waals surface area contributed by atoms with Crippen LogP contribution in [0.3, 0.4) is 0 Å². The molecule has 6 heteroatoms. The third-order valence-electron chi connectivity index (χ3n) is 3.33. The number of nitrogens with zero attached hydrogens (tertiary/aromatic N) is 2. The van der Waals surface area contributed by atoms with E-state index in [9.17, 15) is 0 Å². The highest BCUT2D eigenvalue weighted by Gasteiger charge is 2.03. The van der Waals surface area contributed by atoms with Gasteiger partial charge in [-0.15, -0.1) is 24.0 Å². The van der Waals surface area contributed by atoms with E-state index in [4.69, 9.17) is 4.74 Å². The molecule has 1 heterocycles. The molecule has 24 heavy (non-hydrogen) atoms. The van der Waals surface area contributed by atoms with E-state index in [1.807, 2.05) is 56.3 Å². The van der Waals surface area contributed by atoms with Crippen LogP contribution >= 0.6 is 24.0 Å². The van der Waals surface area contributed by atoms with E-state index in [0.29, 0.717) is 13.1 Å². The Hall–Kier alpha value is -1.83. The van der Waals surface area contributed by atoms with E-state index >= 15 is 0 Å². The van der Waals surface area contributed by atoms with Crippen LogP contribution in [0.4, 0.5) is 0 Å². The molecule has 0 aliphatic rings. The summed E-state index contributed by atoms with van der Waals surface area (Å²) in [4.78, 5) is 9.10. The van der Waals surface area contributed by atoms with E-state index < -0.39 is 0 Å². The molecule has 0 bridgehead atoms. The zero-order chi connectivity index (χ0) is 16.5. The smallest absolute Gasteiger partial charge is 0.191 e. The average molecular weight is 440 g/mol.